The zero-order valence-electron chi connectivity index (χ0n) is 13.8. The summed E-state index contributed by atoms with van der Waals surface area (Å²) in [6.45, 7) is 6.14. The second-order valence-electron chi connectivity index (χ2n) is 6.61. The summed E-state index contributed by atoms with van der Waals surface area (Å²) in [6, 6.07) is 10.2. The molecule has 0 bridgehead atoms. The van der Waals surface area contributed by atoms with Gasteiger partial charge >= 0.3 is 5.97 Å². The zero-order valence-corrected chi connectivity index (χ0v) is 13.8. The molecule has 118 valence electrons. The number of hydrogen-bond donors (Lipinski definition) is 0. The van der Waals surface area contributed by atoms with E-state index in [0.29, 0.717) is 19.3 Å². The van der Waals surface area contributed by atoms with Crippen LogP contribution in [0.4, 0.5) is 0 Å². The van der Waals surface area contributed by atoms with Crippen molar-refractivity contribution >= 4 is 11.8 Å². The van der Waals surface area contributed by atoms with Gasteiger partial charge in [0.1, 0.15) is 0 Å². The SMILES string of the molecule is COC(=O)CCC(C)(C)C1=C(C)C(c2ccccc2)CC1=O. The van der Waals surface area contributed by atoms with E-state index < -0.39 is 0 Å². The topological polar surface area (TPSA) is 43.4 Å². The first-order chi connectivity index (χ1) is 10.4. The third kappa shape index (κ3) is 3.29. The molecule has 0 saturated heterocycles. The molecule has 0 aliphatic heterocycles. The van der Waals surface area contributed by atoms with E-state index in [1.807, 2.05) is 32.0 Å². The van der Waals surface area contributed by atoms with Gasteiger partial charge in [0.05, 0.1) is 7.11 Å². The second kappa shape index (κ2) is 6.47. The predicted octanol–water partition coefficient (Wildman–Crippen LogP) is 4.04. The van der Waals surface area contributed by atoms with Crippen LogP contribution in [0.15, 0.2) is 41.5 Å². The van der Waals surface area contributed by atoms with Crippen molar-refractivity contribution < 1.29 is 14.3 Å². The molecule has 1 unspecified atom stereocenters. The van der Waals surface area contributed by atoms with Crippen molar-refractivity contribution in [2.75, 3.05) is 7.11 Å². The highest BCUT2D eigenvalue weighted by Gasteiger charge is 2.38. The maximum atomic E-state index is 12.6. The van der Waals surface area contributed by atoms with Crippen molar-refractivity contribution in [1.29, 1.82) is 0 Å². The number of benzene rings is 1. The first-order valence-corrected chi connectivity index (χ1v) is 7.73. The highest BCUT2D eigenvalue weighted by Crippen LogP contribution is 2.45. The largest absolute Gasteiger partial charge is 0.469 e. The number of ketones is 1. The summed E-state index contributed by atoms with van der Waals surface area (Å²) in [5.41, 5.74) is 2.92. The lowest BCUT2D eigenvalue weighted by Crippen LogP contribution is -2.21. The first-order valence-electron chi connectivity index (χ1n) is 7.73. The fraction of sp³-hybridized carbons (Fsp3) is 0.474. The molecule has 0 saturated carbocycles. The molecule has 0 N–H and O–H groups in total. The average molecular weight is 300 g/mol. The minimum Gasteiger partial charge on any atom is -0.469 e. The lowest BCUT2D eigenvalue weighted by atomic mass is 9.77. The molecule has 0 fully saturated rings. The van der Waals surface area contributed by atoms with Gasteiger partial charge in [-0.1, -0.05) is 49.8 Å². The molecule has 1 aliphatic carbocycles. The zero-order chi connectivity index (χ0) is 16.3. The standard InChI is InChI=1S/C19H24O3/c1-13-15(14-8-6-5-7-9-14)12-16(20)18(13)19(2,3)11-10-17(21)22-4/h5-9,15H,10-12H2,1-4H3. The summed E-state index contributed by atoms with van der Waals surface area (Å²) in [6.07, 6.45) is 1.50. The molecule has 0 amide bonds. The highest BCUT2D eigenvalue weighted by atomic mass is 16.5. The molecule has 2 rings (SSSR count). The van der Waals surface area contributed by atoms with Crippen LogP contribution in [-0.2, 0) is 14.3 Å². The summed E-state index contributed by atoms with van der Waals surface area (Å²) in [5.74, 6) is 0.152. The van der Waals surface area contributed by atoms with E-state index in [-0.39, 0.29) is 23.1 Å². The molecular weight excluding hydrogens is 276 g/mol. The van der Waals surface area contributed by atoms with Gasteiger partial charge in [0.25, 0.3) is 0 Å². The number of hydrogen-bond acceptors (Lipinski definition) is 3. The Kier molecular flexibility index (Phi) is 4.84. The molecular formula is C19H24O3. The van der Waals surface area contributed by atoms with Gasteiger partial charge in [-0.3, -0.25) is 9.59 Å². The van der Waals surface area contributed by atoms with Crippen LogP contribution in [0.25, 0.3) is 0 Å². The van der Waals surface area contributed by atoms with E-state index in [9.17, 15) is 9.59 Å². The van der Waals surface area contributed by atoms with Gasteiger partial charge in [-0.2, -0.15) is 0 Å². The van der Waals surface area contributed by atoms with E-state index >= 15 is 0 Å². The Bertz CT molecular complexity index is 596. The summed E-state index contributed by atoms with van der Waals surface area (Å²) >= 11 is 0. The van der Waals surface area contributed by atoms with Crippen LogP contribution in [0, 0.1) is 5.41 Å². The Morgan fingerprint density at radius 2 is 1.91 bits per heavy atom. The van der Waals surface area contributed by atoms with E-state index in [1.165, 1.54) is 12.7 Å². The Hall–Kier alpha value is -1.90. The molecule has 3 heteroatoms. The number of carbonyl (C=O) groups excluding carboxylic acids is 2. The molecule has 0 aromatic heterocycles. The maximum Gasteiger partial charge on any atom is 0.305 e. The van der Waals surface area contributed by atoms with Crippen molar-refractivity contribution in [3.63, 3.8) is 0 Å². The lowest BCUT2D eigenvalue weighted by Gasteiger charge is -2.26. The van der Waals surface area contributed by atoms with Crippen molar-refractivity contribution in [3.05, 3.63) is 47.0 Å². The third-order valence-electron chi connectivity index (χ3n) is 4.65. The predicted molar refractivity (Wildman–Crippen MR) is 86.5 cm³/mol. The smallest absolute Gasteiger partial charge is 0.305 e. The number of esters is 1. The van der Waals surface area contributed by atoms with Crippen molar-refractivity contribution in [3.8, 4) is 0 Å². The fourth-order valence-corrected chi connectivity index (χ4v) is 3.44. The van der Waals surface area contributed by atoms with Crippen LogP contribution in [0.3, 0.4) is 0 Å². The molecule has 0 radical (unpaired) electrons. The molecule has 1 atom stereocenters. The van der Waals surface area contributed by atoms with Crippen LogP contribution in [-0.4, -0.2) is 18.9 Å². The van der Waals surface area contributed by atoms with Crippen LogP contribution in [0.2, 0.25) is 0 Å². The summed E-state index contributed by atoms with van der Waals surface area (Å²) in [4.78, 5) is 24.0. The molecule has 3 nitrogen and oxygen atoms in total. The second-order valence-corrected chi connectivity index (χ2v) is 6.61. The summed E-state index contributed by atoms with van der Waals surface area (Å²) in [7, 11) is 1.39. The van der Waals surface area contributed by atoms with Crippen LogP contribution in [0.5, 0.6) is 0 Å². The van der Waals surface area contributed by atoms with Gasteiger partial charge < -0.3 is 4.74 Å². The Morgan fingerprint density at radius 3 is 2.50 bits per heavy atom. The van der Waals surface area contributed by atoms with Crippen molar-refractivity contribution in [2.45, 2.75) is 46.0 Å². The van der Waals surface area contributed by atoms with Gasteiger partial charge in [-0.15, -0.1) is 0 Å². The quantitative estimate of drug-likeness (QED) is 0.771. The van der Waals surface area contributed by atoms with E-state index in [4.69, 9.17) is 4.74 Å². The minimum atomic E-state index is -0.307. The molecule has 0 spiro atoms. The summed E-state index contributed by atoms with van der Waals surface area (Å²) in [5, 5.41) is 0. The summed E-state index contributed by atoms with van der Waals surface area (Å²) < 4.78 is 4.71. The minimum absolute atomic E-state index is 0.168. The highest BCUT2D eigenvalue weighted by molar-refractivity contribution is 6.01. The third-order valence-corrected chi connectivity index (χ3v) is 4.65. The van der Waals surface area contributed by atoms with Crippen LogP contribution >= 0.6 is 0 Å². The van der Waals surface area contributed by atoms with Crippen molar-refractivity contribution in [1.82, 2.24) is 0 Å². The van der Waals surface area contributed by atoms with Gasteiger partial charge in [0.2, 0.25) is 0 Å². The number of rotatable bonds is 5. The number of ether oxygens (including phenoxy) is 1. The van der Waals surface area contributed by atoms with Gasteiger partial charge in [-0.05, 0) is 24.3 Å². The van der Waals surface area contributed by atoms with Crippen LogP contribution in [0.1, 0.15) is 51.5 Å². The van der Waals surface area contributed by atoms with Gasteiger partial charge in [0.15, 0.2) is 5.78 Å². The molecule has 0 heterocycles. The lowest BCUT2D eigenvalue weighted by molar-refractivity contribution is -0.141. The van der Waals surface area contributed by atoms with Crippen LogP contribution < -0.4 is 0 Å². The number of Topliss-reactive ketones (excluding diaryl/α,β-unsaturated/α-hetero) is 1. The number of methoxy groups -OCH3 is 1. The average Bonchev–Trinajstić information content (AvgIpc) is 2.81. The van der Waals surface area contributed by atoms with E-state index in [0.717, 1.165) is 11.1 Å². The Labute approximate surface area is 132 Å². The monoisotopic (exact) mass is 300 g/mol. The molecule has 1 aromatic rings. The van der Waals surface area contributed by atoms with Gasteiger partial charge in [0, 0.05) is 24.3 Å². The van der Waals surface area contributed by atoms with E-state index in [1.54, 1.807) is 0 Å². The first kappa shape index (κ1) is 16.5. The normalized spacial score (nSPS) is 18.7. The molecule has 22 heavy (non-hydrogen) atoms. The fourth-order valence-electron chi connectivity index (χ4n) is 3.44. The molecule has 1 aromatic carbocycles. The van der Waals surface area contributed by atoms with Gasteiger partial charge in [-0.25, -0.2) is 0 Å². The van der Waals surface area contributed by atoms with E-state index in [2.05, 4.69) is 19.1 Å². The Balaban J connectivity index is 2.26. The number of carbonyl (C=O) groups is 2. The number of allylic oxidation sites excluding steroid dienone is 2. The van der Waals surface area contributed by atoms with Crippen molar-refractivity contribution in [2.24, 2.45) is 5.41 Å². The molecule has 1 aliphatic rings. The maximum absolute atomic E-state index is 12.6. The Morgan fingerprint density at radius 1 is 1.27 bits per heavy atom.